The minimum Gasteiger partial charge on any atom is -0.370 e. The van der Waals surface area contributed by atoms with Crippen molar-refractivity contribution in [2.75, 3.05) is 26.2 Å². The standard InChI is InChI=1S/C13H28N4.HI/c1-5-16(6-2)13(14)15-9-10-17(11(3)4)12-7-8-12;/h11-12H,5-10H2,1-4H3,(H2,14,15);1H. The van der Waals surface area contributed by atoms with Crippen molar-refractivity contribution < 1.29 is 0 Å². The van der Waals surface area contributed by atoms with Crippen LogP contribution in [0.2, 0.25) is 0 Å². The quantitative estimate of drug-likeness (QED) is 0.425. The third-order valence-electron chi connectivity index (χ3n) is 3.40. The van der Waals surface area contributed by atoms with Gasteiger partial charge in [-0.3, -0.25) is 9.89 Å². The van der Waals surface area contributed by atoms with Crippen molar-refractivity contribution in [3.05, 3.63) is 0 Å². The molecule has 1 fully saturated rings. The highest BCUT2D eigenvalue weighted by Crippen LogP contribution is 2.28. The van der Waals surface area contributed by atoms with Gasteiger partial charge in [0.2, 0.25) is 0 Å². The molecule has 1 aliphatic rings. The number of aliphatic imine (C=N–C) groups is 1. The highest BCUT2D eigenvalue weighted by molar-refractivity contribution is 14.0. The Morgan fingerprint density at radius 1 is 1.28 bits per heavy atom. The first-order chi connectivity index (χ1) is 8.10. The second-order valence-corrected chi connectivity index (χ2v) is 4.97. The monoisotopic (exact) mass is 368 g/mol. The number of nitrogens with two attached hydrogens (primary N) is 1. The Bertz CT molecular complexity index is 245. The van der Waals surface area contributed by atoms with Crippen LogP contribution in [-0.4, -0.2) is 54.0 Å². The molecule has 4 nitrogen and oxygen atoms in total. The molecule has 0 saturated heterocycles. The van der Waals surface area contributed by atoms with Gasteiger partial charge in [-0.1, -0.05) is 0 Å². The van der Waals surface area contributed by atoms with Gasteiger partial charge in [0.25, 0.3) is 0 Å². The minimum atomic E-state index is 0. The van der Waals surface area contributed by atoms with E-state index in [0.717, 1.165) is 32.2 Å². The Labute approximate surface area is 129 Å². The zero-order chi connectivity index (χ0) is 12.8. The molecular weight excluding hydrogens is 339 g/mol. The van der Waals surface area contributed by atoms with Crippen molar-refractivity contribution in [1.29, 1.82) is 0 Å². The second kappa shape index (κ2) is 8.96. The predicted molar refractivity (Wildman–Crippen MR) is 89.7 cm³/mol. The van der Waals surface area contributed by atoms with Crippen LogP contribution in [0, 0.1) is 0 Å². The Kier molecular flexibility index (Phi) is 8.94. The molecule has 1 saturated carbocycles. The normalized spacial score (nSPS) is 16.0. The van der Waals surface area contributed by atoms with E-state index >= 15 is 0 Å². The Morgan fingerprint density at radius 2 is 1.83 bits per heavy atom. The van der Waals surface area contributed by atoms with Crippen LogP contribution in [0.15, 0.2) is 4.99 Å². The first kappa shape index (κ1) is 18.0. The summed E-state index contributed by atoms with van der Waals surface area (Å²) in [5, 5.41) is 0. The summed E-state index contributed by atoms with van der Waals surface area (Å²) >= 11 is 0. The van der Waals surface area contributed by atoms with E-state index in [1.54, 1.807) is 0 Å². The van der Waals surface area contributed by atoms with Crippen molar-refractivity contribution in [2.24, 2.45) is 10.7 Å². The Hall–Kier alpha value is -0.0400. The van der Waals surface area contributed by atoms with Crippen LogP contribution in [0.3, 0.4) is 0 Å². The molecule has 0 radical (unpaired) electrons. The van der Waals surface area contributed by atoms with Gasteiger partial charge in [0.05, 0.1) is 6.54 Å². The van der Waals surface area contributed by atoms with Gasteiger partial charge in [0.1, 0.15) is 0 Å². The van der Waals surface area contributed by atoms with E-state index in [4.69, 9.17) is 5.73 Å². The maximum absolute atomic E-state index is 5.95. The molecule has 0 aliphatic heterocycles. The van der Waals surface area contributed by atoms with E-state index in [-0.39, 0.29) is 24.0 Å². The molecule has 0 spiro atoms. The lowest BCUT2D eigenvalue weighted by Gasteiger charge is -2.26. The zero-order valence-electron chi connectivity index (χ0n) is 12.2. The Morgan fingerprint density at radius 3 is 2.22 bits per heavy atom. The van der Waals surface area contributed by atoms with E-state index in [1.165, 1.54) is 12.8 Å². The van der Waals surface area contributed by atoms with Gasteiger partial charge >= 0.3 is 0 Å². The van der Waals surface area contributed by atoms with Gasteiger partial charge in [-0.25, -0.2) is 0 Å². The average molecular weight is 368 g/mol. The maximum atomic E-state index is 5.95. The maximum Gasteiger partial charge on any atom is 0.191 e. The molecule has 0 aromatic heterocycles. The third kappa shape index (κ3) is 5.73. The van der Waals surface area contributed by atoms with Crippen molar-refractivity contribution in [3.8, 4) is 0 Å². The van der Waals surface area contributed by atoms with Crippen molar-refractivity contribution >= 4 is 29.9 Å². The number of rotatable bonds is 7. The number of guanidine groups is 1. The fourth-order valence-corrected chi connectivity index (χ4v) is 2.20. The predicted octanol–water partition coefficient (Wildman–Crippen LogP) is 2.13. The summed E-state index contributed by atoms with van der Waals surface area (Å²) < 4.78 is 0. The molecule has 0 bridgehead atoms. The number of hydrogen-bond acceptors (Lipinski definition) is 2. The molecule has 0 aromatic carbocycles. The molecule has 2 N–H and O–H groups in total. The largest absolute Gasteiger partial charge is 0.370 e. The smallest absolute Gasteiger partial charge is 0.191 e. The van der Waals surface area contributed by atoms with E-state index in [0.29, 0.717) is 12.0 Å². The Balaban J connectivity index is 0.00000289. The van der Waals surface area contributed by atoms with Crippen molar-refractivity contribution in [1.82, 2.24) is 9.80 Å². The van der Waals surface area contributed by atoms with Crippen LogP contribution in [-0.2, 0) is 0 Å². The lowest BCUT2D eigenvalue weighted by atomic mass is 10.3. The second-order valence-electron chi connectivity index (χ2n) is 4.97. The zero-order valence-corrected chi connectivity index (χ0v) is 14.6. The van der Waals surface area contributed by atoms with Gasteiger partial charge in [0.15, 0.2) is 5.96 Å². The summed E-state index contributed by atoms with van der Waals surface area (Å²) in [6.45, 7) is 12.4. The molecule has 0 aromatic rings. The van der Waals surface area contributed by atoms with E-state index in [9.17, 15) is 0 Å². The fraction of sp³-hybridized carbons (Fsp3) is 0.923. The fourth-order valence-electron chi connectivity index (χ4n) is 2.20. The van der Waals surface area contributed by atoms with Crippen LogP contribution < -0.4 is 5.73 Å². The molecular formula is C13H29IN4. The SMILES string of the molecule is CCN(CC)C(N)=NCCN(C(C)C)C1CC1.I. The van der Waals surface area contributed by atoms with Crippen LogP contribution in [0.25, 0.3) is 0 Å². The highest BCUT2D eigenvalue weighted by atomic mass is 127. The third-order valence-corrected chi connectivity index (χ3v) is 3.40. The van der Waals surface area contributed by atoms with Gasteiger partial charge in [-0.2, -0.15) is 0 Å². The summed E-state index contributed by atoms with van der Waals surface area (Å²) in [6.07, 6.45) is 2.71. The van der Waals surface area contributed by atoms with E-state index in [2.05, 4.69) is 42.5 Å². The molecule has 0 heterocycles. The van der Waals surface area contributed by atoms with Gasteiger partial charge in [-0.05, 0) is 40.5 Å². The topological polar surface area (TPSA) is 44.9 Å². The summed E-state index contributed by atoms with van der Waals surface area (Å²) in [5.74, 6) is 0.689. The summed E-state index contributed by atoms with van der Waals surface area (Å²) in [5.41, 5.74) is 5.95. The molecule has 0 atom stereocenters. The highest BCUT2D eigenvalue weighted by Gasteiger charge is 2.29. The first-order valence-corrected chi connectivity index (χ1v) is 6.90. The first-order valence-electron chi connectivity index (χ1n) is 6.90. The summed E-state index contributed by atoms with van der Waals surface area (Å²) in [7, 11) is 0. The summed E-state index contributed by atoms with van der Waals surface area (Å²) in [4.78, 5) is 9.11. The number of halogens is 1. The van der Waals surface area contributed by atoms with E-state index < -0.39 is 0 Å². The molecule has 1 aliphatic carbocycles. The van der Waals surface area contributed by atoms with Crippen molar-refractivity contribution in [2.45, 2.75) is 52.6 Å². The van der Waals surface area contributed by atoms with Crippen LogP contribution in [0.5, 0.6) is 0 Å². The molecule has 108 valence electrons. The molecule has 0 unspecified atom stereocenters. The number of nitrogens with zero attached hydrogens (tertiary/aromatic N) is 3. The van der Waals surface area contributed by atoms with Gasteiger partial charge in [-0.15, -0.1) is 24.0 Å². The number of hydrogen-bond donors (Lipinski definition) is 1. The lowest BCUT2D eigenvalue weighted by Crippen LogP contribution is -2.39. The van der Waals surface area contributed by atoms with E-state index in [1.807, 2.05) is 0 Å². The van der Waals surface area contributed by atoms with Crippen LogP contribution in [0.4, 0.5) is 0 Å². The van der Waals surface area contributed by atoms with Crippen molar-refractivity contribution in [3.63, 3.8) is 0 Å². The van der Waals surface area contributed by atoms with Crippen LogP contribution in [0.1, 0.15) is 40.5 Å². The lowest BCUT2D eigenvalue weighted by molar-refractivity contribution is 0.217. The molecule has 1 rings (SSSR count). The molecule has 18 heavy (non-hydrogen) atoms. The van der Waals surface area contributed by atoms with Gasteiger partial charge in [0, 0.05) is 31.7 Å². The molecule has 5 heteroatoms. The van der Waals surface area contributed by atoms with Crippen LogP contribution >= 0.6 is 24.0 Å². The molecule has 0 amide bonds. The minimum absolute atomic E-state index is 0. The summed E-state index contributed by atoms with van der Waals surface area (Å²) in [6, 6.07) is 1.42. The average Bonchev–Trinajstić information content (AvgIpc) is 3.09. The van der Waals surface area contributed by atoms with Gasteiger partial charge < -0.3 is 10.6 Å².